The van der Waals surface area contributed by atoms with Crippen molar-refractivity contribution in [3.05, 3.63) is 59.7 Å². The summed E-state index contributed by atoms with van der Waals surface area (Å²) in [6.07, 6.45) is 0.744. The number of hydrogen-bond donors (Lipinski definition) is 3. The molecule has 0 saturated carbocycles. The molecule has 0 bridgehead atoms. The molecule has 0 amide bonds. The molecule has 1 atom stereocenters. The average molecular weight is 286 g/mol. The minimum Gasteiger partial charge on any atom is -0.504 e. The third-order valence-corrected chi connectivity index (χ3v) is 3.45. The second kappa shape index (κ2) is 7.67. The molecule has 2 aromatic carbocycles. The highest BCUT2D eigenvalue weighted by Crippen LogP contribution is 2.33. The van der Waals surface area contributed by atoms with Crippen LogP contribution >= 0.6 is 0 Å². The molecule has 0 spiro atoms. The Morgan fingerprint density at radius 1 is 1.14 bits per heavy atom. The van der Waals surface area contributed by atoms with E-state index in [-0.39, 0.29) is 11.8 Å². The van der Waals surface area contributed by atoms with E-state index in [4.69, 9.17) is 10.5 Å². The Bertz CT molecular complexity index is 558. The lowest BCUT2D eigenvalue weighted by Crippen LogP contribution is -2.21. The van der Waals surface area contributed by atoms with Gasteiger partial charge in [0.1, 0.15) is 0 Å². The fourth-order valence-electron chi connectivity index (χ4n) is 2.24. The van der Waals surface area contributed by atoms with Crippen LogP contribution < -0.4 is 15.8 Å². The highest BCUT2D eigenvalue weighted by molar-refractivity contribution is 5.46. The van der Waals surface area contributed by atoms with Crippen LogP contribution in [0, 0.1) is 0 Å². The second-order valence-electron chi connectivity index (χ2n) is 4.96. The van der Waals surface area contributed by atoms with Crippen LogP contribution in [0.5, 0.6) is 11.5 Å². The third kappa shape index (κ3) is 4.21. The van der Waals surface area contributed by atoms with Gasteiger partial charge in [-0.3, -0.25) is 0 Å². The number of methoxy groups -OCH3 is 1. The molecule has 112 valence electrons. The minimum absolute atomic E-state index is 0.135. The molecule has 2 aromatic rings. The lowest BCUT2D eigenvalue weighted by Gasteiger charge is -2.15. The Morgan fingerprint density at radius 2 is 1.90 bits per heavy atom. The van der Waals surface area contributed by atoms with Gasteiger partial charge < -0.3 is 20.9 Å². The van der Waals surface area contributed by atoms with E-state index < -0.39 is 0 Å². The molecule has 0 heterocycles. The van der Waals surface area contributed by atoms with Gasteiger partial charge in [-0.2, -0.15) is 0 Å². The van der Waals surface area contributed by atoms with Crippen LogP contribution in [0.1, 0.15) is 23.6 Å². The van der Waals surface area contributed by atoms with Crippen molar-refractivity contribution < 1.29 is 9.84 Å². The van der Waals surface area contributed by atoms with E-state index in [1.807, 2.05) is 30.3 Å². The Hall–Kier alpha value is -2.04. The summed E-state index contributed by atoms with van der Waals surface area (Å²) in [6, 6.07) is 15.4. The fourth-order valence-corrected chi connectivity index (χ4v) is 2.24. The summed E-state index contributed by atoms with van der Waals surface area (Å²) in [5.41, 5.74) is 8.11. The molecular formula is C17H22N2O2. The van der Waals surface area contributed by atoms with E-state index in [0.717, 1.165) is 25.1 Å². The van der Waals surface area contributed by atoms with Gasteiger partial charge in [0.05, 0.1) is 7.11 Å². The van der Waals surface area contributed by atoms with Crippen molar-refractivity contribution in [1.29, 1.82) is 0 Å². The number of ether oxygens (including phenoxy) is 1. The summed E-state index contributed by atoms with van der Waals surface area (Å²) in [5, 5.41) is 13.4. The van der Waals surface area contributed by atoms with Gasteiger partial charge in [0.15, 0.2) is 11.5 Å². The zero-order chi connectivity index (χ0) is 15.1. The fraction of sp³-hybridized carbons (Fsp3) is 0.294. The molecule has 0 aromatic heterocycles. The van der Waals surface area contributed by atoms with Gasteiger partial charge in [0.2, 0.25) is 0 Å². The molecule has 2 rings (SSSR count). The first kappa shape index (κ1) is 15.4. The predicted octanol–water partition coefficient (Wildman–Crippen LogP) is 2.58. The number of nitrogens with two attached hydrogens (primary N) is 1. The first-order valence-electron chi connectivity index (χ1n) is 7.08. The second-order valence-corrected chi connectivity index (χ2v) is 4.96. The molecule has 4 nitrogen and oxygen atoms in total. The van der Waals surface area contributed by atoms with E-state index in [9.17, 15) is 5.11 Å². The lowest BCUT2D eigenvalue weighted by atomic mass is 10.0. The molecular weight excluding hydrogens is 264 g/mol. The molecule has 0 saturated heterocycles. The molecule has 0 aliphatic carbocycles. The van der Waals surface area contributed by atoms with E-state index in [1.54, 1.807) is 6.07 Å². The first-order valence-corrected chi connectivity index (χ1v) is 7.08. The number of para-hydroxylation sites is 1. The van der Waals surface area contributed by atoms with Gasteiger partial charge in [-0.1, -0.05) is 42.5 Å². The van der Waals surface area contributed by atoms with E-state index >= 15 is 0 Å². The highest BCUT2D eigenvalue weighted by Gasteiger charge is 2.13. The maximum atomic E-state index is 10.1. The van der Waals surface area contributed by atoms with Crippen LogP contribution in [0.2, 0.25) is 0 Å². The number of phenols is 1. The number of rotatable bonds is 7. The molecule has 4 N–H and O–H groups in total. The summed E-state index contributed by atoms with van der Waals surface area (Å²) < 4.78 is 5.10. The van der Waals surface area contributed by atoms with Crippen LogP contribution in [-0.2, 0) is 6.54 Å². The number of aromatic hydroxyl groups is 1. The molecule has 4 heteroatoms. The summed E-state index contributed by atoms with van der Waals surface area (Å²) in [7, 11) is 1.53. The Kier molecular flexibility index (Phi) is 5.60. The number of phenolic OH excluding ortho intramolecular Hbond substituents is 1. The van der Waals surface area contributed by atoms with E-state index in [0.29, 0.717) is 5.75 Å². The third-order valence-electron chi connectivity index (χ3n) is 3.45. The summed E-state index contributed by atoms with van der Waals surface area (Å²) in [5.74, 6) is 0.593. The Labute approximate surface area is 125 Å². The van der Waals surface area contributed by atoms with Crippen molar-refractivity contribution in [2.24, 2.45) is 5.73 Å². The molecule has 0 aliphatic rings. The van der Waals surface area contributed by atoms with E-state index in [1.165, 1.54) is 12.7 Å². The summed E-state index contributed by atoms with van der Waals surface area (Å²) in [6.45, 7) is 1.60. The van der Waals surface area contributed by atoms with Crippen molar-refractivity contribution in [3.8, 4) is 11.5 Å². The van der Waals surface area contributed by atoms with Crippen molar-refractivity contribution >= 4 is 0 Å². The van der Waals surface area contributed by atoms with Crippen molar-refractivity contribution in [2.75, 3.05) is 13.7 Å². The van der Waals surface area contributed by atoms with Gasteiger partial charge in [0.25, 0.3) is 0 Å². The zero-order valence-corrected chi connectivity index (χ0v) is 12.3. The SMILES string of the molecule is COc1cccc(C(N)CCNCc2ccccc2)c1O. The number of benzene rings is 2. The molecule has 1 unspecified atom stereocenters. The molecule has 0 radical (unpaired) electrons. The van der Waals surface area contributed by atoms with Gasteiger partial charge in [-0.25, -0.2) is 0 Å². The first-order chi connectivity index (χ1) is 10.2. The molecule has 21 heavy (non-hydrogen) atoms. The highest BCUT2D eigenvalue weighted by atomic mass is 16.5. The van der Waals surface area contributed by atoms with Gasteiger partial charge >= 0.3 is 0 Å². The van der Waals surface area contributed by atoms with Crippen LogP contribution in [0.25, 0.3) is 0 Å². The maximum absolute atomic E-state index is 10.1. The van der Waals surface area contributed by atoms with Crippen LogP contribution in [-0.4, -0.2) is 18.8 Å². The maximum Gasteiger partial charge on any atom is 0.162 e. The van der Waals surface area contributed by atoms with Crippen molar-refractivity contribution in [3.63, 3.8) is 0 Å². The van der Waals surface area contributed by atoms with Crippen molar-refractivity contribution in [1.82, 2.24) is 5.32 Å². The number of nitrogens with one attached hydrogen (secondary N) is 1. The minimum atomic E-state index is -0.219. The van der Waals surface area contributed by atoms with Crippen LogP contribution in [0.4, 0.5) is 0 Å². The van der Waals surface area contributed by atoms with Crippen molar-refractivity contribution in [2.45, 2.75) is 19.0 Å². The zero-order valence-electron chi connectivity index (χ0n) is 12.3. The summed E-state index contributed by atoms with van der Waals surface area (Å²) in [4.78, 5) is 0. The topological polar surface area (TPSA) is 67.5 Å². The Morgan fingerprint density at radius 3 is 2.62 bits per heavy atom. The average Bonchev–Trinajstić information content (AvgIpc) is 2.52. The smallest absolute Gasteiger partial charge is 0.162 e. The van der Waals surface area contributed by atoms with Gasteiger partial charge in [0, 0.05) is 18.2 Å². The van der Waals surface area contributed by atoms with Crippen LogP contribution in [0.15, 0.2) is 48.5 Å². The lowest BCUT2D eigenvalue weighted by molar-refractivity contribution is 0.367. The van der Waals surface area contributed by atoms with Crippen LogP contribution in [0.3, 0.4) is 0 Å². The quantitative estimate of drug-likeness (QED) is 0.684. The summed E-state index contributed by atoms with van der Waals surface area (Å²) >= 11 is 0. The standard InChI is InChI=1S/C17H22N2O2/c1-21-16-9-5-8-14(17(16)20)15(18)10-11-19-12-13-6-3-2-4-7-13/h2-9,15,19-20H,10-12,18H2,1H3. The molecule has 0 fully saturated rings. The van der Waals surface area contributed by atoms with Gasteiger partial charge in [-0.15, -0.1) is 0 Å². The monoisotopic (exact) mass is 286 g/mol. The normalized spacial score (nSPS) is 12.1. The number of hydrogen-bond acceptors (Lipinski definition) is 4. The Balaban J connectivity index is 1.83. The largest absolute Gasteiger partial charge is 0.504 e. The predicted molar refractivity (Wildman–Crippen MR) is 84.4 cm³/mol. The molecule has 0 aliphatic heterocycles. The van der Waals surface area contributed by atoms with E-state index in [2.05, 4.69) is 17.4 Å². The van der Waals surface area contributed by atoms with Gasteiger partial charge in [-0.05, 0) is 24.6 Å².